The molecule has 0 amide bonds. The average Bonchev–Trinajstić information content (AvgIpc) is 2.57. The normalized spacial score (nSPS) is 17.1. The number of hydrogen-bond acceptors (Lipinski definition) is 6. The molecule has 1 aliphatic rings. The quantitative estimate of drug-likeness (QED) is 0.395. The second kappa shape index (κ2) is 3.89. The highest BCUT2D eigenvalue weighted by atomic mass is 16.7. The molecule has 0 spiro atoms. The van der Waals surface area contributed by atoms with Crippen molar-refractivity contribution in [3.8, 4) is 0 Å². The molecule has 0 saturated heterocycles. The van der Waals surface area contributed by atoms with Crippen LogP contribution in [0, 0.1) is 20.2 Å². The Kier molecular flexibility index (Phi) is 2.90. The second-order valence-corrected chi connectivity index (χ2v) is 3.47. The van der Waals surface area contributed by atoms with Crippen LogP contribution in [0.3, 0.4) is 0 Å². The van der Waals surface area contributed by atoms with Gasteiger partial charge in [-0.1, -0.05) is 0 Å². The van der Waals surface area contributed by atoms with Crippen LogP contribution >= 0.6 is 0 Å². The minimum absolute atomic E-state index is 0.286. The molecular weight excluding hydrogens is 232 g/mol. The highest BCUT2D eigenvalue weighted by Crippen LogP contribution is 2.34. The SMILES string of the molecule is CC(=O)C1=C(C(C)=O)C([N+](=O)[O-])([N+](=O)[O-])C=C1. The Hall–Kier alpha value is -2.38. The third-order valence-corrected chi connectivity index (χ3v) is 2.41. The topological polar surface area (TPSA) is 120 Å². The van der Waals surface area contributed by atoms with Crippen molar-refractivity contribution in [2.75, 3.05) is 0 Å². The summed E-state index contributed by atoms with van der Waals surface area (Å²) in [4.78, 5) is 41.9. The number of carbonyl (C=O) groups excluding carboxylic acids is 2. The zero-order chi connectivity index (χ0) is 13.4. The van der Waals surface area contributed by atoms with Crippen LogP contribution in [0.5, 0.6) is 0 Å². The van der Waals surface area contributed by atoms with E-state index >= 15 is 0 Å². The van der Waals surface area contributed by atoms with Gasteiger partial charge in [0.1, 0.15) is 9.85 Å². The van der Waals surface area contributed by atoms with Gasteiger partial charge in [0.15, 0.2) is 17.1 Å². The average molecular weight is 240 g/mol. The molecule has 0 aromatic heterocycles. The first-order chi connectivity index (χ1) is 7.75. The summed E-state index contributed by atoms with van der Waals surface area (Å²) < 4.78 is 0. The standard InChI is InChI=1S/C9H8N2O6/c1-5(12)7-3-4-9(10(14)15,11(16)17)8(7)6(2)13/h3-4H,1-2H3. The van der Waals surface area contributed by atoms with Gasteiger partial charge >= 0.3 is 5.66 Å². The first kappa shape index (κ1) is 12.7. The van der Waals surface area contributed by atoms with Crippen LogP contribution in [0.15, 0.2) is 23.3 Å². The lowest BCUT2D eigenvalue weighted by atomic mass is 9.97. The number of hydrogen-bond donors (Lipinski definition) is 0. The summed E-state index contributed by atoms with van der Waals surface area (Å²) in [6.07, 6.45) is 1.60. The van der Waals surface area contributed by atoms with E-state index in [1.54, 1.807) is 0 Å². The molecule has 0 heterocycles. The first-order valence-electron chi connectivity index (χ1n) is 4.50. The summed E-state index contributed by atoms with van der Waals surface area (Å²) in [7, 11) is 0. The summed E-state index contributed by atoms with van der Waals surface area (Å²) in [5.41, 5.74) is -3.82. The molecular formula is C9H8N2O6. The molecule has 1 rings (SSSR count). The maximum atomic E-state index is 11.3. The number of allylic oxidation sites excluding steroid dienone is 2. The number of carbonyl (C=O) groups is 2. The monoisotopic (exact) mass is 240 g/mol. The Morgan fingerprint density at radius 1 is 1.12 bits per heavy atom. The lowest BCUT2D eigenvalue weighted by Crippen LogP contribution is -2.47. The summed E-state index contributed by atoms with van der Waals surface area (Å²) in [5, 5.41) is 21.7. The maximum absolute atomic E-state index is 11.3. The molecule has 0 atom stereocenters. The molecule has 0 bridgehead atoms. The van der Waals surface area contributed by atoms with Crippen LogP contribution in [0.2, 0.25) is 0 Å². The van der Waals surface area contributed by atoms with Gasteiger partial charge in [-0.2, -0.15) is 0 Å². The molecule has 8 heteroatoms. The molecule has 0 unspecified atom stereocenters. The van der Waals surface area contributed by atoms with Crippen molar-refractivity contribution < 1.29 is 19.4 Å². The minimum Gasteiger partial charge on any atom is -0.294 e. The Bertz CT molecular complexity index is 488. The minimum atomic E-state index is -2.84. The number of nitro groups is 2. The van der Waals surface area contributed by atoms with Crippen LogP contribution in [-0.4, -0.2) is 27.1 Å². The van der Waals surface area contributed by atoms with Gasteiger partial charge in [-0.05, 0) is 19.9 Å². The van der Waals surface area contributed by atoms with Crippen LogP contribution in [0.1, 0.15) is 13.8 Å². The maximum Gasteiger partial charge on any atom is 0.508 e. The van der Waals surface area contributed by atoms with Gasteiger partial charge in [0, 0.05) is 5.57 Å². The van der Waals surface area contributed by atoms with E-state index < -0.39 is 32.6 Å². The fraction of sp³-hybridized carbons (Fsp3) is 0.333. The Morgan fingerprint density at radius 3 is 1.88 bits per heavy atom. The molecule has 0 saturated carbocycles. The highest BCUT2D eigenvalue weighted by molar-refractivity contribution is 6.09. The summed E-state index contributed by atoms with van der Waals surface area (Å²) in [6, 6.07) is 0. The predicted molar refractivity (Wildman–Crippen MR) is 54.2 cm³/mol. The van der Waals surface area contributed by atoms with E-state index in [2.05, 4.69) is 0 Å². The second-order valence-electron chi connectivity index (χ2n) is 3.47. The molecule has 90 valence electrons. The lowest BCUT2D eigenvalue weighted by molar-refractivity contribution is -0.766. The van der Waals surface area contributed by atoms with Crippen molar-refractivity contribution in [2.24, 2.45) is 0 Å². The molecule has 0 N–H and O–H groups in total. The Balaban J connectivity index is 3.62. The molecule has 1 aliphatic carbocycles. The van der Waals surface area contributed by atoms with Crippen molar-refractivity contribution >= 4 is 11.6 Å². The summed E-state index contributed by atoms with van der Waals surface area (Å²) >= 11 is 0. The predicted octanol–water partition coefficient (Wildman–Crippen LogP) is 0.280. The van der Waals surface area contributed by atoms with E-state index in [0.29, 0.717) is 6.08 Å². The van der Waals surface area contributed by atoms with Crippen molar-refractivity contribution in [3.63, 3.8) is 0 Å². The number of rotatable bonds is 4. The number of ketones is 2. The highest BCUT2D eigenvalue weighted by Gasteiger charge is 2.63. The van der Waals surface area contributed by atoms with E-state index in [0.717, 1.165) is 19.9 Å². The fourth-order valence-corrected chi connectivity index (χ4v) is 1.68. The summed E-state index contributed by atoms with van der Waals surface area (Å²) in [5.74, 6) is -1.49. The Labute approximate surface area is 94.9 Å². The van der Waals surface area contributed by atoms with Crippen molar-refractivity contribution in [1.29, 1.82) is 0 Å². The fourth-order valence-electron chi connectivity index (χ4n) is 1.68. The zero-order valence-electron chi connectivity index (χ0n) is 9.00. The van der Waals surface area contributed by atoms with Gasteiger partial charge in [-0.25, -0.2) is 0 Å². The molecule has 0 aromatic rings. The zero-order valence-corrected chi connectivity index (χ0v) is 9.00. The van der Waals surface area contributed by atoms with Crippen LogP contribution < -0.4 is 0 Å². The molecule has 0 aliphatic heterocycles. The number of Topliss-reactive ketones (excluding diaryl/α,β-unsaturated/α-hetero) is 2. The molecule has 8 nitrogen and oxygen atoms in total. The molecule has 0 radical (unpaired) electrons. The van der Waals surface area contributed by atoms with Gasteiger partial charge in [0.05, 0.1) is 6.08 Å². The van der Waals surface area contributed by atoms with E-state index in [-0.39, 0.29) is 5.57 Å². The smallest absolute Gasteiger partial charge is 0.294 e. The van der Waals surface area contributed by atoms with Gasteiger partial charge in [0.2, 0.25) is 0 Å². The largest absolute Gasteiger partial charge is 0.508 e. The van der Waals surface area contributed by atoms with Crippen molar-refractivity contribution in [3.05, 3.63) is 43.5 Å². The van der Waals surface area contributed by atoms with E-state index in [4.69, 9.17) is 0 Å². The van der Waals surface area contributed by atoms with Crippen LogP contribution in [-0.2, 0) is 9.59 Å². The molecule has 0 fully saturated rings. The number of nitrogens with zero attached hydrogens (tertiary/aromatic N) is 2. The van der Waals surface area contributed by atoms with Gasteiger partial charge < -0.3 is 0 Å². The van der Waals surface area contributed by atoms with E-state index in [9.17, 15) is 29.8 Å². The van der Waals surface area contributed by atoms with Crippen molar-refractivity contribution in [2.45, 2.75) is 19.5 Å². The summed E-state index contributed by atoms with van der Waals surface area (Å²) in [6.45, 7) is 2.03. The lowest BCUT2D eigenvalue weighted by Gasteiger charge is -2.12. The van der Waals surface area contributed by atoms with E-state index in [1.807, 2.05) is 0 Å². The third-order valence-electron chi connectivity index (χ3n) is 2.41. The Morgan fingerprint density at radius 2 is 1.59 bits per heavy atom. The van der Waals surface area contributed by atoms with Crippen LogP contribution in [0.4, 0.5) is 0 Å². The van der Waals surface area contributed by atoms with Gasteiger partial charge in [0.25, 0.3) is 0 Å². The van der Waals surface area contributed by atoms with E-state index in [1.165, 1.54) is 0 Å². The van der Waals surface area contributed by atoms with Gasteiger partial charge in [-0.3, -0.25) is 29.8 Å². The van der Waals surface area contributed by atoms with Crippen LogP contribution in [0.25, 0.3) is 0 Å². The first-order valence-corrected chi connectivity index (χ1v) is 4.50. The third kappa shape index (κ3) is 1.63. The van der Waals surface area contributed by atoms with Gasteiger partial charge in [-0.15, -0.1) is 0 Å². The molecule has 17 heavy (non-hydrogen) atoms. The van der Waals surface area contributed by atoms with Crippen molar-refractivity contribution in [1.82, 2.24) is 0 Å². The molecule has 0 aromatic carbocycles.